The van der Waals surface area contributed by atoms with Gasteiger partial charge in [0.05, 0.1) is 17.1 Å². The number of imide groups is 1. The van der Waals surface area contributed by atoms with E-state index in [1.54, 1.807) is 31.2 Å². The average molecular weight is 499 g/mol. The zero-order valence-corrected chi connectivity index (χ0v) is 18.7. The summed E-state index contributed by atoms with van der Waals surface area (Å²) in [6.07, 6.45) is 0. The van der Waals surface area contributed by atoms with Gasteiger partial charge in [-0.1, -0.05) is 35.0 Å². The number of nitro benzene ring substituents is 1. The van der Waals surface area contributed by atoms with Crippen LogP contribution < -0.4 is 5.32 Å². The fourth-order valence-electron chi connectivity index (χ4n) is 3.49. The number of carbonyl (C=O) groups is 4. The van der Waals surface area contributed by atoms with Gasteiger partial charge in [-0.05, 0) is 25.1 Å². The van der Waals surface area contributed by atoms with Crippen molar-refractivity contribution in [1.82, 2.24) is 10.1 Å². The highest BCUT2D eigenvalue weighted by Gasteiger charge is 2.42. The number of benzene rings is 2. The molecule has 4 rings (SSSR count). The first kappa shape index (κ1) is 23.6. The van der Waals surface area contributed by atoms with Gasteiger partial charge in [-0.25, -0.2) is 4.79 Å². The molecule has 13 heteroatoms. The van der Waals surface area contributed by atoms with E-state index in [1.165, 1.54) is 12.1 Å². The summed E-state index contributed by atoms with van der Waals surface area (Å²) in [7, 11) is 0. The van der Waals surface area contributed by atoms with Crippen LogP contribution in [0.2, 0.25) is 5.02 Å². The Hall–Kier alpha value is -4.58. The first-order chi connectivity index (χ1) is 16.7. The maximum atomic E-state index is 12.7. The number of hydrogen-bond donors (Lipinski definition) is 1. The number of halogens is 1. The lowest BCUT2D eigenvalue weighted by atomic mass is 10.1. The molecule has 0 aliphatic carbocycles. The molecule has 0 saturated carbocycles. The first-order valence-electron chi connectivity index (χ1n) is 10.1. The van der Waals surface area contributed by atoms with E-state index in [1.807, 2.05) is 0 Å². The molecular weight excluding hydrogens is 484 g/mol. The number of aromatic nitrogens is 1. The molecule has 1 aliphatic heterocycles. The van der Waals surface area contributed by atoms with E-state index in [4.69, 9.17) is 20.9 Å². The normalized spacial score (nSPS) is 12.5. The molecule has 178 valence electrons. The summed E-state index contributed by atoms with van der Waals surface area (Å²) in [5.41, 5.74) is -0.779. The first-order valence-corrected chi connectivity index (χ1v) is 10.5. The van der Waals surface area contributed by atoms with E-state index in [0.29, 0.717) is 15.5 Å². The molecule has 2 aromatic carbocycles. The van der Waals surface area contributed by atoms with E-state index >= 15 is 0 Å². The lowest BCUT2D eigenvalue weighted by Gasteiger charge is -2.13. The number of ether oxygens (including phenoxy) is 1. The van der Waals surface area contributed by atoms with Crippen molar-refractivity contribution in [2.75, 3.05) is 18.5 Å². The van der Waals surface area contributed by atoms with Crippen molar-refractivity contribution in [2.24, 2.45) is 0 Å². The second kappa shape index (κ2) is 9.35. The van der Waals surface area contributed by atoms with Crippen LogP contribution >= 0.6 is 11.6 Å². The second-order valence-electron chi connectivity index (χ2n) is 7.16. The lowest BCUT2D eigenvalue weighted by Crippen LogP contribution is -2.37. The number of carbonyl (C=O) groups excluding carboxylic acids is 4. The molecule has 0 atom stereocenters. The van der Waals surface area contributed by atoms with E-state index in [2.05, 4.69) is 10.5 Å². The molecule has 1 N–H and O–H groups in total. The molecule has 1 aliphatic rings. The van der Waals surface area contributed by atoms with Gasteiger partial charge in [-0.2, -0.15) is 0 Å². The SMILES string of the molecule is CCOC(=O)c1c(-c2ccc(Cl)cc2)noc1NC(=O)CN1C(=O)c2cccc([N+](=O)[O-])c2C1=O. The molecule has 0 unspecified atom stereocenters. The van der Waals surface area contributed by atoms with Crippen molar-refractivity contribution in [2.45, 2.75) is 6.92 Å². The zero-order valence-electron chi connectivity index (χ0n) is 17.9. The van der Waals surface area contributed by atoms with Gasteiger partial charge in [0.2, 0.25) is 11.8 Å². The van der Waals surface area contributed by atoms with Gasteiger partial charge in [0.25, 0.3) is 17.5 Å². The van der Waals surface area contributed by atoms with Crippen LogP contribution in [0.1, 0.15) is 38.0 Å². The molecule has 2 heterocycles. The highest BCUT2D eigenvalue weighted by atomic mass is 35.5. The van der Waals surface area contributed by atoms with Gasteiger partial charge < -0.3 is 9.26 Å². The van der Waals surface area contributed by atoms with Crippen LogP contribution in [0, 0.1) is 10.1 Å². The van der Waals surface area contributed by atoms with Gasteiger partial charge >= 0.3 is 5.97 Å². The summed E-state index contributed by atoms with van der Waals surface area (Å²) < 4.78 is 10.2. The van der Waals surface area contributed by atoms with Crippen LogP contribution in [0.5, 0.6) is 0 Å². The van der Waals surface area contributed by atoms with Gasteiger partial charge in [0, 0.05) is 16.7 Å². The number of rotatable bonds is 7. The number of nitrogens with one attached hydrogen (secondary N) is 1. The number of hydrogen-bond acceptors (Lipinski definition) is 9. The number of nitro groups is 1. The summed E-state index contributed by atoms with van der Waals surface area (Å²) in [5.74, 6) is -3.95. The van der Waals surface area contributed by atoms with E-state index in [9.17, 15) is 29.3 Å². The Labute approximate surface area is 201 Å². The van der Waals surface area contributed by atoms with Gasteiger partial charge in [0.1, 0.15) is 17.8 Å². The number of esters is 1. The highest BCUT2D eigenvalue weighted by molar-refractivity contribution is 6.30. The molecule has 0 fully saturated rings. The summed E-state index contributed by atoms with van der Waals surface area (Å²) >= 11 is 5.90. The second-order valence-corrected chi connectivity index (χ2v) is 7.60. The van der Waals surface area contributed by atoms with Crippen LogP contribution in [-0.2, 0) is 9.53 Å². The van der Waals surface area contributed by atoms with Crippen LogP contribution in [0.15, 0.2) is 47.0 Å². The third-order valence-electron chi connectivity index (χ3n) is 5.02. The van der Waals surface area contributed by atoms with Crippen molar-refractivity contribution >= 4 is 46.9 Å². The molecule has 12 nitrogen and oxygen atoms in total. The van der Waals surface area contributed by atoms with Crippen LogP contribution in [0.25, 0.3) is 11.3 Å². The Kier molecular flexibility index (Phi) is 6.30. The average Bonchev–Trinajstić information content (AvgIpc) is 3.34. The number of nitrogens with zero attached hydrogens (tertiary/aromatic N) is 3. The largest absolute Gasteiger partial charge is 0.462 e. The van der Waals surface area contributed by atoms with Crippen LogP contribution in [-0.4, -0.2) is 51.8 Å². The molecule has 1 aromatic heterocycles. The Balaban J connectivity index is 1.60. The standard InChI is InChI=1S/C22H15ClN4O8/c1-2-34-22(31)17-18(11-6-8-12(23)9-7-11)25-35-19(17)24-15(28)10-26-20(29)13-4-3-5-14(27(32)33)16(13)21(26)30/h3-9H,2,10H2,1H3,(H,24,28). The topological polar surface area (TPSA) is 162 Å². The van der Waals surface area contributed by atoms with Gasteiger partial charge in [0.15, 0.2) is 5.56 Å². The third-order valence-corrected chi connectivity index (χ3v) is 5.27. The Morgan fingerprint density at radius 3 is 2.54 bits per heavy atom. The minimum atomic E-state index is -0.988. The summed E-state index contributed by atoms with van der Waals surface area (Å²) in [6.45, 7) is 0.834. The van der Waals surface area contributed by atoms with Crippen molar-refractivity contribution in [3.05, 3.63) is 74.3 Å². The molecule has 35 heavy (non-hydrogen) atoms. The number of amides is 3. The van der Waals surface area contributed by atoms with Gasteiger partial charge in [-0.15, -0.1) is 0 Å². The van der Waals surface area contributed by atoms with Crippen LogP contribution in [0.3, 0.4) is 0 Å². The molecule has 3 amide bonds. The van der Waals surface area contributed by atoms with Crippen molar-refractivity contribution < 1.29 is 33.4 Å². The fraction of sp³-hybridized carbons (Fsp3) is 0.136. The van der Waals surface area contributed by atoms with E-state index < -0.39 is 46.4 Å². The maximum absolute atomic E-state index is 12.7. The zero-order chi connectivity index (χ0) is 25.3. The Bertz CT molecular complexity index is 1380. The molecule has 0 spiro atoms. The minimum absolute atomic E-state index is 0.0330. The maximum Gasteiger partial charge on any atom is 0.346 e. The summed E-state index contributed by atoms with van der Waals surface area (Å²) in [5, 5.41) is 17.8. The molecule has 0 saturated heterocycles. The van der Waals surface area contributed by atoms with Crippen LogP contribution in [0.4, 0.5) is 11.6 Å². The smallest absolute Gasteiger partial charge is 0.346 e. The van der Waals surface area contributed by atoms with E-state index in [-0.39, 0.29) is 29.3 Å². The Morgan fingerprint density at radius 2 is 1.89 bits per heavy atom. The fourth-order valence-corrected chi connectivity index (χ4v) is 3.62. The third kappa shape index (κ3) is 4.34. The molecule has 0 radical (unpaired) electrons. The highest BCUT2D eigenvalue weighted by Crippen LogP contribution is 2.32. The monoisotopic (exact) mass is 498 g/mol. The minimum Gasteiger partial charge on any atom is -0.462 e. The Morgan fingerprint density at radius 1 is 1.17 bits per heavy atom. The molecular formula is C22H15ClN4O8. The molecule has 3 aromatic rings. The number of anilines is 1. The lowest BCUT2D eigenvalue weighted by molar-refractivity contribution is -0.385. The van der Waals surface area contributed by atoms with Crippen molar-refractivity contribution in [1.29, 1.82) is 0 Å². The molecule has 0 bridgehead atoms. The van der Waals surface area contributed by atoms with E-state index in [0.717, 1.165) is 6.07 Å². The van der Waals surface area contributed by atoms with Crippen molar-refractivity contribution in [3.8, 4) is 11.3 Å². The van der Waals surface area contributed by atoms with Gasteiger partial charge in [-0.3, -0.25) is 34.7 Å². The quantitative estimate of drug-likeness (QED) is 0.223. The number of fused-ring (bicyclic) bond motifs is 1. The summed E-state index contributed by atoms with van der Waals surface area (Å²) in [6, 6.07) is 9.92. The predicted molar refractivity (Wildman–Crippen MR) is 120 cm³/mol. The summed E-state index contributed by atoms with van der Waals surface area (Å²) in [4.78, 5) is 61.6. The van der Waals surface area contributed by atoms with Crippen molar-refractivity contribution in [3.63, 3.8) is 0 Å². The predicted octanol–water partition coefficient (Wildman–Crippen LogP) is 3.31.